The smallest absolute Gasteiger partial charge is 0.162 e. The highest BCUT2D eigenvalue weighted by Crippen LogP contribution is 2.17. The van der Waals surface area contributed by atoms with E-state index < -0.39 is 11.6 Å². The molecule has 0 amide bonds. The van der Waals surface area contributed by atoms with E-state index in [0.717, 1.165) is 23.4 Å². The Balaban J connectivity index is 1.55. The second kappa shape index (κ2) is 7.79. The molecule has 3 rings (SSSR count). The quantitative estimate of drug-likeness (QED) is 0.702. The van der Waals surface area contributed by atoms with E-state index in [9.17, 15) is 8.78 Å². The number of ether oxygens (including phenoxy) is 1. The van der Waals surface area contributed by atoms with Gasteiger partial charge in [0.15, 0.2) is 11.6 Å². The van der Waals surface area contributed by atoms with Crippen LogP contribution in [0.4, 0.5) is 14.5 Å². The number of nitrogens with zero attached hydrogens (tertiary/aromatic N) is 2. The monoisotopic (exact) mass is 343 g/mol. The van der Waals surface area contributed by atoms with Crippen LogP contribution in [0.5, 0.6) is 5.75 Å². The summed E-state index contributed by atoms with van der Waals surface area (Å²) in [4.78, 5) is 0. The van der Waals surface area contributed by atoms with Crippen molar-refractivity contribution in [1.29, 1.82) is 0 Å². The van der Waals surface area contributed by atoms with Gasteiger partial charge in [0.05, 0.1) is 12.6 Å². The zero-order chi connectivity index (χ0) is 17.6. The Hall–Kier alpha value is -2.89. The number of hydrogen-bond donors (Lipinski definition) is 1. The molecule has 1 heterocycles. The van der Waals surface area contributed by atoms with Crippen LogP contribution in [0.25, 0.3) is 0 Å². The Morgan fingerprint density at radius 3 is 2.76 bits per heavy atom. The van der Waals surface area contributed by atoms with Crippen molar-refractivity contribution < 1.29 is 13.5 Å². The van der Waals surface area contributed by atoms with Crippen molar-refractivity contribution in [1.82, 2.24) is 9.78 Å². The first-order valence-corrected chi connectivity index (χ1v) is 8.01. The van der Waals surface area contributed by atoms with Crippen LogP contribution in [0.1, 0.15) is 12.5 Å². The summed E-state index contributed by atoms with van der Waals surface area (Å²) in [6.07, 6.45) is 3.66. The lowest BCUT2D eigenvalue weighted by Crippen LogP contribution is -2.23. The maximum Gasteiger partial charge on any atom is 0.162 e. The molecule has 2 aromatic carbocycles. The highest BCUT2D eigenvalue weighted by molar-refractivity contribution is 5.46. The standard InChI is InChI=1S/C19H19F2N3O/c1-14(13-25-17-6-7-18(20)19(21)11-17)23-16-5-2-4-15(10-16)12-24-9-3-8-22-24/h2-11,14,23H,12-13H2,1H3. The van der Waals surface area contributed by atoms with E-state index in [1.807, 2.05) is 42.1 Å². The van der Waals surface area contributed by atoms with Crippen molar-refractivity contribution in [2.24, 2.45) is 0 Å². The molecule has 0 spiro atoms. The Labute approximate surface area is 145 Å². The zero-order valence-corrected chi connectivity index (χ0v) is 13.8. The molecular weight excluding hydrogens is 324 g/mol. The third-order valence-electron chi connectivity index (χ3n) is 3.63. The fraction of sp³-hybridized carbons (Fsp3) is 0.211. The van der Waals surface area contributed by atoms with Gasteiger partial charge < -0.3 is 10.1 Å². The van der Waals surface area contributed by atoms with Gasteiger partial charge in [-0.1, -0.05) is 12.1 Å². The number of aromatic nitrogens is 2. The van der Waals surface area contributed by atoms with Gasteiger partial charge in [-0.25, -0.2) is 8.78 Å². The van der Waals surface area contributed by atoms with E-state index in [-0.39, 0.29) is 6.04 Å². The molecular formula is C19H19F2N3O. The number of nitrogens with one attached hydrogen (secondary N) is 1. The van der Waals surface area contributed by atoms with Gasteiger partial charge in [0, 0.05) is 24.1 Å². The second-order valence-corrected chi connectivity index (χ2v) is 5.84. The average molecular weight is 343 g/mol. The van der Waals surface area contributed by atoms with Crippen LogP contribution in [0.2, 0.25) is 0 Å². The minimum atomic E-state index is -0.913. The molecule has 0 aliphatic carbocycles. The predicted octanol–water partition coefficient (Wildman–Crippen LogP) is 4.09. The van der Waals surface area contributed by atoms with Crippen molar-refractivity contribution in [2.45, 2.75) is 19.5 Å². The van der Waals surface area contributed by atoms with Gasteiger partial charge in [0.2, 0.25) is 0 Å². The van der Waals surface area contributed by atoms with Crippen molar-refractivity contribution in [2.75, 3.05) is 11.9 Å². The summed E-state index contributed by atoms with van der Waals surface area (Å²) in [6, 6.07) is 13.4. The maximum absolute atomic E-state index is 13.2. The molecule has 1 N–H and O–H groups in total. The Morgan fingerprint density at radius 1 is 1.12 bits per heavy atom. The number of hydrogen-bond acceptors (Lipinski definition) is 3. The first kappa shape index (κ1) is 17.0. The molecule has 0 bridgehead atoms. The molecule has 130 valence electrons. The minimum absolute atomic E-state index is 0.00642. The molecule has 6 heteroatoms. The lowest BCUT2D eigenvalue weighted by atomic mass is 10.2. The molecule has 0 aliphatic rings. The van der Waals surface area contributed by atoms with Crippen molar-refractivity contribution in [3.05, 3.63) is 78.1 Å². The summed E-state index contributed by atoms with van der Waals surface area (Å²) in [5, 5.41) is 7.53. The SMILES string of the molecule is CC(COc1ccc(F)c(F)c1)Nc1cccc(Cn2cccn2)c1. The van der Waals surface area contributed by atoms with Crippen LogP contribution in [-0.4, -0.2) is 22.4 Å². The molecule has 1 atom stereocenters. The number of benzene rings is 2. The van der Waals surface area contributed by atoms with Gasteiger partial charge in [-0.05, 0) is 42.8 Å². The highest BCUT2D eigenvalue weighted by atomic mass is 19.2. The van der Waals surface area contributed by atoms with Crippen LogP contribution in [-0.2, 0) is 6.54 Å². The highest BCUT2D eigenvalue weighted by Gasteiger charge is 2.07. The van der Waals surface area contributed by atoms with Crippen molar-refractivity contribution in [3.8, 4) is 5.75 Å². The van der Waals surface area contributed by atoms with E-state index in [0.29, 0.717) is 18.9 Å². The van der Waals surface area contributed by atoms with Gasteiger partial charge in [0.1, 0.15) is 12.4 Å². The van der Waals surface area contributed by atoms with Crippen LogP contribution >= 0.6 is 0 Å². The Kier molecular flexibility index (Phi) is 5.28. The topological polar surface area (TPSA) is 39.1 Å². The van der Waals surface area contributed by atoms with E-state index in [1.54, 1.807) is 6.20 Å². The molecule has 1 unspecified atom stereocenters. The summed E-state index contributed by atoms with van der Waals surface area (Å²) in [6.45, 7) is 2.98. The zero-order valence-electron chi connectivity index (χ0n) is 13.8. The summed E-state index contributed by atoms with van der Waals surface area (Å²) in [5.41, 5.74) is 2.09. The first-order valence-electron chi connectivity index (χ1n) is 8.01. The molecule has 1 aromatic heterocycles. The van der Waals surface area contributed by atoms with Gasteiger partial charge in [-0.2, -0.15) is 5.10 Å². The molecule has 0 saturated heterocycles. The molecule has 0 radical (unpaired) electrons. The first-order chi connectivity index (χ1) is 12.1. The molecule has 0 fully saturated rings. The summed E-state index contributed by atoms with van der Waals surface area (Å²) >= 11 is 0. The fourth-order valence-corrected chi connectivity index (χ4v) is 2.45. The lowest BCUT2D eigenvalue weighted by Gasteiger charge is -2.17. The van der Waals surface area contributed by atoms with Gasteiger partial charge in [-0.15, -0.1) is 0 Å². The molecule has 0 saturated carbocycles. The Morgan fingerprint density at radius 2 is 2.00 bits per heavy atom. The predicted molar refractivity (Wildman–Crippen MR) is 92.7 cm³/mol. The third-order valence-corrected chi connectivity index (χ3v) is 3.63. The number of anilines is 1. The third kappa shape index (κ3) is 4.79. The molecule has 3 aromatic rings. The van der Waals surface area contributed by atoms with Crippen LogP contribution in [0, 0.1) is 11.6 Å². The molecule has 0 aliphatic heterocycles. The summed E-state index contributed by atoms with van der Waals surface area (Å²) < 4.78 is 33.4. The van der Waals surface area contributed by atoms with Crippen LogP contribution < -0.4 is 10.1 Å². The van der Waals surface area contributed by atoms with Gasteiger partial charge >= 0.3 is 0 Å². The number of halogens is 2. The van der Waals surface area contributed by atoms with E-state index in [4.69, 9.17) is 4.74 Å². The van der Waals surface area contributed by atoms with E-state index in [2.05, 4.69) is 16.5 Å². The van der Waals surface area contributed by atoms with Crippen molar-refractivity contribution in [3.63, 3.8) is 0 Å². The maximum atomic E-state index is 13.2. The van der Waals surface area contributed by atoms with Gasteiger partial charge in [-0.3, -0.25) is 4.68 Å². The largest absolute Gasteiger partial charge is 0.491 e. The number of rotatable bonds is 7. The second-order valence-electron chi connectivity index (χ2n) is 5.84. The Bertz CT molecular complexity index is 821. The normalized spacial score (nSPS) is 12.0. The molecule has 25 heavy (non-hydrogen) atoms. The summed E-state index contributed by atoms with van der Waals surface area (Å²) in [5.74, 6) is -1.49. The van der Waals surface area contributed by atoms with E-state index >= 15 is 0 Å². The van der Waals surface area contributed by atoms with Crippen LogP contribution in [0.3, 0.4) is 0 Å². The summed E-state index contributed by atoms with van der Waals surface area (Å²) in [7, 11) is 0. The van der Waals surface area contributed by atoms with Crippen LogP contribution in [0.15, 0.2) is 60.9 Å². The van der Waals surface area contributed by atoms with Gasteiger partial charge in [0.25, 0.3) is 0 Å². The van der Waals surface area contributed by atoms with Crippen molar-refractivity contribution >= 4 is 5.69 Å². The minimum Gasteiger partial charge on any atom is -0.491 e. The lowest BCUT2D eigenvalue weighted by molar-refractivity contribution is 0.301. The molecule has 4 nitrogen and oxygen atoms in total. The van der Waals surface area contributed by atoms with E-state index in [1.165, 1.54) is 6.07 Å². The average Bonchev–Trinajstić information content (AvgIpc) is 3.09. The fourth-order valence-electron chi connectivity index (χ4n) is 2.45.